The van der Waals surface area contributed by atoms with Gasteiger partial charge < -0.3 is 4.74 Å². The summed E-state index contributed by atoms with van der Waals surface area (Å²) in [6, 6.07) is 0. The normalized spacial score (nSPS) is 9.00. The lowest BCUT2D eigenvalue weighted by atomic mass is 10.2. The Morgan fingerprint density at radius 2 is 2.00 bits per heavy atom. The molecule has 0 fully saturated rings. The highest BCUT2D eigenvalue weighted by Crippen LogP contribution is 1.95. The molecular formula is C6H9IO3. The summed E-state index contributed by atoms with van der Waals surface area (Å²) in [5.74, 6) is -0.232. The lowest BCUT2D eigenvalue weighted by Gasteiger charge is -1.95. The van der Waals surface area contributed by atoms with Crippen LogP contribution in [0.3, 0.4) is 0 Å². The Bertz CT molecular complexity index is 117. The molecule has 0 aromatic carbocycles. The van der Waals surface area contributed by atoms with Gasteiger partial charge in [-0.1, -0.05) is 22.6 Å². The summed E-state index contributed by atoms with van der Waals surface area (Å²) >= 11 is 1.97. The average Bonchev–Trinajstić information content (AvgIpc) is 1.99. The Labute approximate surface area is 73.3 Å². The molecule has 0 rings (SSSR count). The third-order valence-corrected chi connectivity index (χ3v) is 1.84. The van der Waals surface area contributed by atoms with Gasteiger partial charge in [-0.2, -0.15) is 0 Å². The maximum atomic E-state index is 10.6. The van der Waals surface area contributed by atoms with Crippen molar-refractivity contribution < 1.29 is 14.3 Å². The van der Waals surface area contributed by atoms with Crippen molar-refractivity contribution in [3.63, 3.8) is 0 Å². The minimum Gasteiger partial charge on any atom is -0.469 e. The van der Waals surface area contributed by atoms with E-state index in [4.69, 9.17) is 0 Å². The predicted molar refractivity (Wildman–Crippen MR) is 45.1 cm³/mol. The van der Waals surface area contributed by atoms with E-state index in [-0.39, 0.29) is 18.2 Å². The summed E-state index contributed by atoms with van der Waals surface area (Å²) in [6.07, 6.45) is 0.508. The largest absolute Gasteiger partial charge is 0.469 e. The highest BCUT2D eigenvalue weighted by Gasteiger charge is 2.04. The van der Waals surface area contributed by atoms with Gasteiger partial charge in [0.2, 0.25) is 0 Å². The van der Waals surface area contributed by atoms with E-state index < -0.39 is 0 Å². The molecule has 0 saturated carbocycles. The number of carbonyl (C=O) groups excluding carboxylic acids is 2. The van der Waals surface area contributed by atoms with Gasteiger partial charge in [-0.05, 0) is 0 Å². The standard InChI is InChI=1S/C6H9IO3/c1-10-6(9)3-2-5(8)4-7/h2-4H2,1H3. The molecule has 0 aliphatic rings. The molecule has 0 unspecified atom stereocenters. The minimum absolute atomic E-state index is 0.0889. The van der Waals surface area contributed by atoms with Crippen molar-refractivity contribution in [3.05, 3.63) is 0 Å². The maximum Gasteiger partial charge on any atom is 0.305 e. The van der Waals surface area contributed by atoms with Gasteiger partial charge in [0.15, 0.2) is 0 Å². The van der Waals surface area contributed by atoms with Crippen LogP contribution in [0.25, 0.3) is 0 Å². The molecule has 4 heteroatoms. The van der Waals surface area contributed by atoms with Gasteiger partial charge in [-0.15, -0.1) is 0 Å². The van der Waals surface area contributed by atoms with Crippen molar-refractivity contribution in [1.29, 1.82) is 0 Å². The first kappa shape index (κ1) is 9.87. The first-order chi connectivity index (χ1) is 4.70. The van der Waals surface area contributed by atoms with Gasteiger partial charge in [0.25, 0.3) is 0 Å². The average molecular weight is 256 g/mol. The van der Waals surface area contributed by atoms with Crippen LogP contribution in [0.2, 0.25) is 0 Å². The zero-order chi connectivity index (χ0) is 7.98. The molecule has 58 valence electrons. The number of alkyl halides is 1. The van der Waals surface area contributed by atoms with Crippen molar-refractivity contribution in [3.8, 4) is 0 Å². The Balaban J connectivity index is 3.35. The molecule has 3 nitrogen and oxygen atoms in total. The van der Waals surface area contributed by atoms with E-state index in [1.165, 1.54) is 7.11 Å². The highest BCUT2D eigenvalue weighted by molar-refractivity contribution is 14.1. The summed E-state index contributed by atoms with van der Waals surface area (Å²) in [5, 5.41) is 0. The molecular weight excluding hydrogens is 247 g/mol. The molecule has 0 bridgehead atoms. The molecule has 0 aliphatic carbocycles. The van der Waals surface area contributed by atoms with Crippen LogP contribution in [-0.4, -0.2) is 23.3 Å². The fourth-order valence-electron chi connectivity index (χ4n) is 0.410. The van der Waals surface area contributed by atoms with Crippen LogP contribution in [0.5, 0.6) is 0 Å². The molecule has 0 atom stereocenters. The summed E-state index contributed by atoms with van der Waals surface area (Å²) in [6.45, 7) is 0. The van der Waals surface area contributed by atoms with E-state index >= 15 is 0 Å². The van der Waals surface area contributed by atoms with E-state index in [1.54, 1.807) is 0 Å². The van der Waals surface area contributed by atoms with Gasteiger partial charge >= 0.3 is 5.97 Å². The monoisotopic (exact) mass is 256 g/mol. The van der Waals surface area contributed by atoms with Crippen LogP contribution < -0.4 is 0 Å². The molecule has 0 saturated heterocycles. The van der Waals surface area contributed by atoms with Gasteiger partial charge in [0, 0.05) is 6.42 Å². The second-order valence-electron chi connectivity index (χ2n) is 1.75. The van der Waals surface area contributed by atoms with Crippen molar-refractivity contribution >= 4 is 34.3 Å². The number of hydrogen-bond donors (Lipinski definition) is 0. The van der Waals surface area contributed by atoms with Gasteiger partial charge in [0.05, 0.1) is 18.0 Å². The first-order valence-electron chi connectivity index (χ1n) is 2.85. The Morgan fingerprint density at radius 3 is 2.40 bits per heavy atom. The molecule has 0 heterocycles. The fraction of sp³-hybridized carbons (Fsp3) is 0.667. The number of carbonyl (C=O) groups is 2. The van der Waals surface area contributed by atoms with Crippen molar-refractivity contribution in [1.82, 2.24) is 0 Å². The Hall–Kier alpha value is -0.130. The number of ether oxygens (including phenoxy) is 1. The molecule has 0 aliphatic heterocycles. The highest BCUT2D eigenvalue weighted by atomic mass is 127. The second-order valence-corrected chi connectivity index (χ2v) is 2.51. The van der Waals surface area contributed by atoms with Gasteiger partial charge in [-0.25, -0.2) is 0 Å². The van der Waals surface area contributed by atoms with E-state index in [0.717, 1.165) is 0 Å². The Morgan fingerprint density at radius 1 is 1.40 bits per heavy atom. The van der Waals surface area contributed by atoms with Crippen molar-refractivity contribution in [2.45, 2.75) is 12.8 Å². The molecule has 0 aromatic rings. The SMILES string of the molecule is COC(=O)CCC(=O)CI. The van der Waals surface area contributed by atoms with Crippen LogP contribution in [-0.2, 0) is 14.3 Å². The number of rotatable bonds is 4. The smallest absolute Gasteiger partial charge is 0.305 e. The number of hydrogen-bond acceptors (Lipinski definition) is 3. The third kappa shape index (κ3) is 4.72. The zero-order valence-electron chi connectivity index (χ0n) is 5.72. The third-order valence-electron chi connectivity index (χ3n) is 0.985. The van der Waals surface area contributed by atoms with Crippen LogP contribution in [0.4, 0.5) is 0 Å². The quantitative estimate of drug-likeness (QED) is 0.427. The van der Waals surface area contributed by atoms with Gasteiger partial charge in [-0.3, -0.25) is 9.59 Å². The predicted octanol–water partition coefficient (Wildman–Crippen LogP) is 0.944. The number of esters is 1. The van der Waals surface area contributed by atoms with E-state index in [2.05, 4.69) is 4.74 Å². The molecule has 0 spiro atoms. The summed E-state index contributed by atoms with van der Waals surface area (Å²) < 4.78 is 4.82. The lowest BCUT2D eigenvalue weighted by molar-refractivity contribution is -0.141. The fourth-order valence-corrected chi connectivity index (χ4v) is 0.792. The van der Waals surface area contributed by atoms with Crippen molar-refractivity contribution in [2.24, 2.45) is 0 Å². The maximum absolute atomic E-state index is 10.6. The summed E-state index contributed by atoms with van der Waals surface area (Å²) in [7, 11) is 1.32. The van der Waals surface area contributed by atoms with Gasteiger partial charge in [0.1, 0.15) is 5.78 Å². The lowest BCUT2D eigenvalue weighted by Crippen LogP contribution is -2.05. The number of halogens is 1. The number of Topliss-reactive ketones (excluding diaryl/α,β-unsaturated/α-hetero) is 1. The molecule has 10 heavy (non-hydrogen) atoms. The van der Waals surface area contributed by atoms with Crippen LogP contribution in [0.15, 0.2) is 0 Å². The topological polar surface area (TPSA) is 43.4 Å². The molecule has 0 N–H and O–H groups in total. The van der Waals surface area contributed by atoms with Crippen LogP contribution in [0.1, 0.15) is 12.8 Å². The Kier molecular flexibility index (Phi) is 5.57. The molecule has 0 radical (unpaired) electrons. The van der Waals surface area contributed by atoms with Crippen molar-refractivity contribution in [2.75, 3.05) is 11.5 Å². The first-order valence-corrected chi connectivity index (χ1v) is 4.37. The molecule has 0 aromatic heterocycles. The number of ketones is 1. The summed E-state index contributed by atoms with van der Waals surface area (Å²) in [4.78, 5) is 21.1. The minimum atomic E-state index is -0.321. The second kappa shape index (κ2) is 5.64. The van der Waals surface area contributed by atoms with E-state index in [1.807, 2.05) is 22.6 Å². The number of methoxy groups -OCH3 is 1. The zero-order valence-corrected chi connectivity index (χ0v) is 7.88. The van der Waals surface area contributed by atoms with E-state index in [9.17, 15) is 9.59 Å². The summed E-state index contributed by atoms with van der Waals surface area (Å²) in [5.41, 5.74) is 0. The molecule has 0 amide bonds. The van der Waals surface area contributed by atoms with Crippen LogP contribution >= 0.6 is 22.6 Å². The van der Waals surface area contributed by atoms with E-state index in [0.29, 0.717) is 10.8 Å². The van der Waals surface area contributed by atoms with Crippen LogP contribution in [0, 0.1) is 0 Å².